The van der Waals surface area contributed by atoms with E-state index in [4.69, 9.17) is 14.5 Å². The van der Waals surface area contributed by atoms with Crippen LogP contribution in [0.4, 0.5) is 5.69 Å². The topological polar surface area (TPSA) is 73.7 Å². The second-order valence-electron chi connectivity index (χ2n) is 8.33. The van der Waals surface area contributed by atoms with Crippen LogP contribution in [0.1, 0.15) is 12.5 Å². The number of carbonyl (C=O) groups excluding carboxylic acids is 1. The van der Waals surface area contributed by atoms with Gasteiger partial charge in [0.2, 0.25) is 5.91 Å². The molecule has 35 heavy (non-hydrogen) atoms. The van der Waals surface area contributed by atoms with Crippen LogP contribution in [-0.4, -0.2) is 41.5 Å². The zero-order valence-electron chi connectivity index (χ0n) is 19.7. The molecule has 1 amide bonds. The Morgan fingerprint density at radius 3 is 2.57 bits per heavy atom. The number of nitrogens with zero attached hydrogens (tertiary/aromatic N) is 3. The molecule has 1 atom stereocenters. The summed E-state index contributed by atoms with van der Waals surface area (Å²) in [7, 11) is 3.11. The molecule has 178 valence electrons. The van der Waals surface area contributed by atoms with Gasteiger partial charge in [0.1, 0.15) is 0 Å². The first-order chi connectivity index (χ1) is 17.0. The Morgan fingerprint density at radius 2 is 1.77 bits per heavy atom. The number of thioether (sulfide) groups is 1. The Hall–Kier alpha value is -3.78. The van der Waals surface area contributed by atoms with Gasteiger partial charge in [0.05, 0.1) is 36.6 Å². The van der Waals surface area contributed by atoms with Crippen LogP contribution in [0.15, 0.2) is 76.7 Å². The van der Waals surface area contributed by atoms with Crippen LogP contribution in [0, 0.1) is 0 Å². The van der Waals surface area contributed by atoms with E-state index < -0.39 is 0 Å². The van der Waals surface area contributed by atoms with Crippen molar-refractivity contribution in [1.82, 2.24) is 9.55 Å². The summed E-state index contributed by atoms with van der Waals surface area (Å²) in [6.07, 6.45) is 0.831. The van der Waals surface area contributed by atoms with Crippen molar-refractivity contribution < 1.29 is 14.3 Å². The van der Waals surface area contributed by atoms with Gasteiger partial charge in [-0.3, -0.25) is 14.2 Å². The maximum absolute atomic E-state index is 13.6. The third-order valence-corrected chi connectivity index (χ3v) is 7.09. The molecule has 0 aliphatic carbocycles. The van der Waals surface area contributed by atoms with E-state index in [-0.39, 0.29) is 23.3 Å². The number of ether oxygens (including phenoxy) is 2. The summed E-state index contributed by atoms with van der Waals surface area (Å²) in [5, 5.41) is 0.939. The number of para-hydroxylation sites is 2. The summed E-state index contributed by atoms with van der Waals surface area (Å²) in [4.78, 5) is 33.5. The number of fused-ring (bicyclic) bond motifs is 2. The molecule has 0 saturated carbocycles. The summed E-state index contributed by atoms with van der Waals surface area (Å²) in [5.74, 6) is 1.19. The van der Waals surface area contributed by atoms with Crippen molar-refractivity contribution in [3.63, 3.8) is 0 Å². The van der Waals surface area contributed by atoms with E-state index in [0.717, 1.165) is 12.1 Å². The van der Waals surface area contributed by atoms with Crippen molar-refractivity contribution in [2.75, 3.05) is 24.9 Å². The fourth-order valence-corrected chi connectivity index (χ4v) is 5.41. The highest BCUT2D eigenvalue weighted by molar-refractivity contribution is 7.99. The highest BCUT2D eigenvalue weighted by atomic mass is 32.2. The van der Waals surface area contributed by atoms with Gasteiger partial charge >= 0.3 is 0 Å². The molecule has 5 rings (SSSR count). The van der Waals surface area contributed by atoms with Gasteiger partial charge in [-0.05, 0) is 49.2 Å². The summed E-state index contributed by atoms with van der Waals surface area (Å²) in [5.41, 5.74) is 3.08. The van der Waals surface area contributed by atoms with Crippen LogP contribution in [0.5, 0.6) is 11.5 Å². The molecule has 0 bridgehead atoms. The number of benzene rings is 3. The van der Waals surface area contributed by atoms with Gasteiger partial charge in [-0.25, -0.2) is 4.98 Å². The maximum Gasteiger partial charge on any atom is 0.266 e. The molecule has 0 saturated heterocycles. The molecule has 0 fully saturated rings. The highest BCUT2D eigenvalue weighted by Gasteiger charge is 2.30. The monoisotopic (exact) mass is 487 g/mol. The number of carbonyl (C=O) groups is 1. The average Bonchev–Trinajstić information content (AvgIpc) is 3.22. The van der Waals surface area contributed by atoms with E-state index in [1.54, 1.807) is 44.6 Å². The first-order valence-corrected chi connectivity index (χ1v) is 12.3. The molecule has 1 aliphatic rings. The number of anilines is 1. The van der Waals surface area contributed by atoms with Crippen molar-refractivity contribution in [1.29, 1.82) is 0 Å². The molecule has 1 aromatic heterocycles. The fraction of sp³-hybridized carbons (Fsp3) is 0.222. The van der Waals surface area contributed by atoms with E-state index in [9.17, 15) is 9.59 Å². The smallest absolute Gasteiger partial charge is 0.266 e. The number of hydrogen-bond acceptors (Lipinski definition) is 6. The first kappa shape index (κ1) is 23.0. The minimum Gasteiger partial charge on any atom is -0.493 e. The van der Waals surface area contributed by atoms with E-state index in [2.05, 4.69) is 13.0 Å². The molecule has 7 nitrogen and oxygen atoms in total. The van der Waals surface area contributed by atoms with Crippen LogP contribution in [0.25, 0.3) is 16.6 Å². The van der Waals surface area contributed by atoms with Crippen molar-refractivity contribution in [3.8, 4) is 17.2 Å². The standard InChI is InChI=1S/C27H25N3O4S/c1-17-14-18-8-4-7-11-22(18)29(17)25(31)16-35-27-28-21-10-6-5-9-20(21)26(32)30(27)19-12-13-23(33-2)24(15-19)34-3/h4-13,15,17H,14,16H2,1-3H3. The molecule has 0 radical (unpaired) electrons. The lowest BCUT2D eigenvalue weighted by Crippen LogP contribution is -2.37. The summed E-state index contributed by atoms with van der Waals surface area (Å²) >= 11 is 1.25. The first-order valence-electron chi connectivity index (χ1n) is 11.3. The number of rotatable bonds is 6. The number of methoxy groups -OCH3 is 2. The predicted molar refractivity (Wildman–Crippen MR) is 138 cm³/mol. The molecule has 8 heteroatoms. The number of hydrogen-bond donors (Lipinski definition) is 0. The lowest BCUT2D eigenvalue weighted by Gasteiger charge is -2.23. The Bertz CT molecular complexity index is 1480. The van der Waals surface area contributed by atoms with Gasteiger partial charge in [0.15, 0.2) is 16.7 Å². The predicted octanol–water partition coefficient (Wildman–Crippen LogP) is 4.47. The molecule has 0 N–H and O–H groups in total. The van der Waals surface area contributed by atoms with Crippen LogP contribution in [-0.2, 0) is 11.2 Å². The normalized spacial score (nSPS) is 14.7. The molecule has 3 aromatic carbocycles. The van der Waals surface area contributed by atoms with Gasteiger partial charge in [-0.2, -0.15) is 0 Å². The summed E-state index contributed by atoms with van der Waals surface area (Å²) < 4.78 is 12.3. The summed E-state index contributed by atoms with van der Waals surface area (Å²) in [6.45, 7) is 2.05. The van der Waals surface area contributed by atoms with Gasteiger partial charge in [-0.1, -0.05) is 42.1 Å². The molecular formula is C27H25N3O4S. The van der Waals surface area contributed by atoms with E-state index in [1.807, 2.05) is 35.2 Å². The van der Waals surface area contributed by atoms with Crippen LogP contribution in [0.2, 0.25) is 0 Å². The number of amides is 1. The molecule has 2 heterocycles. The van der Waals surface area contributed by atoms with Crippen LogP contribution in [0.3, 0.4) is 0 Å². The van der Waals surface area contributed by atoms with Gasteiger partial charge in [0.25, 0.3) is 5.56 Å². The molecule has 1 unspecified atom stereocenters. The lowest BCUT2D eigenvalue weighted by atomic mass is 10.1. The highest BCUT2D eigenvalue weighted by Crippen LogP contribution is 2.34. The molecular weight excluding hydrogens is 462 g/mol. The lowest BCUT2D eigenvalue weighted by molar-refractivity contribution is -0.116. The van der Waals surface area contributed by atoms with Crippen LogP contribution >= 0.6 is 11.8 Å². The molecule has 4 aromatic rings. The fourth-order valence-electron chi connectivity index (χ4n) is 4.54. The average molecular weight is 488 g/mol. The maximum atomic E-state index is 13.6. The van der Waals surface area contributed by atoms with Crippen molar-refractivity contribution in [2.45, 2.75) is 24.5 Å². The van der Waals surface area contributed by atoms with Gasteiger partial charge in [0, 0.05) is 17.8 Å². The SMILES string of the molecule is COc1ccc(-n2c(SCC(=O)N3c4ccccc4CC3C)nc3ccccc3c2=O)cc1OC. The largest absolute Gasteiger partial charge is 0.493 e. The zero-order chi connectivity index (χ0) is 24.5. The second-order valence-corrected chi connectivity index (χ2v) is 9.27. The quantitative estimate of drug-likeness (QED) is 0.295. The van der Waals surface area contributed by atoms with E-state index >= 15 is 0 Å². The van der Waals surface area contributed by atoms with Crippen molar-refractivity contribution in [3.05, 3.63) is 82.6 Å². The Balaban J connectivity index is 1.54. The Labute approximate surface area is 207 Å². The Morgan fingerprint density at radius 1 is 1.03 bits per heavy atom. The third-order valence-electron chi connectivity index (χ3n) is 6.17. The van der Waals surface area contributed by atoms with Gasteiger partial charge < -0.3 is 14.4 Å². The van der Waals surface area contributed by atoms with Crippen molar-refractivity contribution in [2.24, 2.45) is 0 Å². The second kappa shape index (κ2) is 9.46. The number of aromatic nitrogens is 2. The Kier molecular flexibility index (Phi) is 6.21. The minimum absolute atomic E-state index is 0.0197. The molecule has 1 aliphatic heterocycles. The molecule has 0 spiro atoms. The third kappa shape index (κ3) is 4.14. The van der Waals surface area contributed by atoms with E-state index in [1.165, 1.54) is 21.9 Å². The zero-order valence-corrected chi connectivity index (χ0v) is 20.5. The minimum atomic E-state index is -0.211. The van der Waals surface area contributed by atoms with Gasteiger partial charge in [-0.15, -0.1) is 0 Å². The summed E-state index contributed by atoms with van der Waals surface area (Å²) in [6, 6.07) is 20.6. The van der Waals surface area contributed by atoms with Crippen molar-refractivity contribution >= 4 is 34.3 Å². The van der Waals surface area contributed by atoms with Crippen LogP contribution < -0.4 is 19.9 Å². The van der Waals surface area contributed by atoms with E-state index in [0.29, 0.717) is 33.2 Å².